The van der Waals surface area contributed by atoms with Gasteiger partial charge in [-0.05, 0) is 30.9 Å². The van der Waals surface area contributed by atoms with E-state index in [0.29, 0.717) is 17.5 Å². The summed E-state index contributed by atoms with van der Waals surface area (Å²) < 4.78 is 5.88. The Balaban J connectivity index is 1.87. The van der Waals surface area contributed by atoms with E-state index in [1.165, 1.54) is 12.8 Å². The second-order valence-corrected chi connectivity index (χ2v) is 6.27. The summed E-state index contributed by atoms with van der Waals surface area (Å²) in [5, 5.41) is 0. The summed E-state index contributed by atoms with van der Waals surface area (Å²) in [7, 11) is 0. The molecule has 2 N–H and O–H groups in total. The Kier molecular flexibility index (Phi) is 5.38. The molecule has 0 aromatic heterocycles. The summed E-state index contributed by atoms with van der Waals surface area (Å²) in [6, 6.07) is 8.48. The smallest absolute Gasteiger partial charge is 0.129 e. The molecule has 0 saturated heterocycles. The van der Waals surface area contributed by atoms with E-state index < -0.39 is 0 Å². The highest BCUT2D eigenvalue weighted by molar-refractivity contribution is 7.80. The lowest BCUT2D eigenvalue weighted by Gasteiger charge is -2.24. The number of para-hydroxylation sites is 1. The quantitative estimate of drug-likeness (QED) is 0.748. The van der Waals surface area contributed by atoms with Crippen LogP contribution >= 0.6 is 12.2 Å². The minimum Gasteiger partial charge on any atom is -0.492 e. The predicted octanol–water partition coefficient (Wildman–Crippen LogP) is 2.82. The van der Waals surface area contributed by atoms with Crippen LogP contribution in [0.1, 0.15) is 32.3 Å². The molecule has 1 aliphatic carbocycles. The highest BCUT2D eigenvalue weighted by Crippen LogP contribution is 2.27. The molecule has 1 fully saturated rings. The summed E-state index contributed by atoms with van der Waals surface area (Å²) >= 11 is 5.05. The molecular formula is C16H24N2OS. The van der Waals surface area contributed by atoms with Gasteiger partial charge in [-0.3, -0.25) is 4.90 Å². The zero-order valence-corrected chi connectivity index (χ0v) is 13.2. The number of thiocarbonyl (C=S) groups is 1. The molecule has 1 aliphatic rings. The third-order valence-corrected chi connectivity index (χ3v) is 3.67. The first-order valence-electron chi connectivity index (χ1n) is 7.33. The van der Waals surface area contributed by atoms with Crippen LogP contribution in [0.2, 0.25) is 0 Å². The fourth-order valence-corrected chi connectivity index (χ4v) is 2.57. The fourth-order valence-electron chi connectivity index (χ4n) is 2.40. The fraction of sp³-hybridized carbons (Fsp3) is 0.562. The van der Waals surface area contributed by atoms with Gasteiger partial charge in [0.25, 0.3) is 0 Å². The molecule has 0 heterocycles. The van der Waals surface area contributed by atoms with Crippen LogP contribution < -0.4 is 10.5 Å². The van der Waals surface area contributed by atoms with Crippen molar-refractivity contribution in [2.45, 2.75) is 32.7 Å². The van der Waals surface area contributed by atoms with Gasteiger partial charge in [0.2, 0.25) is 0 Å². The largest absolute Gasteiger partial charge is 0.492 e. The van der Waals surface area contributed by atoms with Crippen LogP contribution in [-0.2, 0) is 0 Å². The maximum Gasteiger partial charge on any atom is 0.129 e. The van der Waals surface area contributed by atoms with Crippen molar-refractivity contribution in [3.05, 3.63) is 29.8 Å². The van der Waals surface area contributed by atoms with Crippen LogP contribution in [0.3, 0.4) is 0 Å². The summed E-state index contributed by atoms with van der Waals surface area (Å²) in [6.07, 6.45) is 2.66. The molecule has 2 rings (SSSR count). The van der Waals surface area contributed by atoms with E-state index in [1.54, 1.807) is 0 Å². The van der Waals surface area contributed by atoms with Gasteiger partial charge < -0.3 is 10.5 Å². The van der Waals surface area contributed by atoms with Crippen molar-refractivity contribution in [2.75, 3.05) is 19.7 Å². The van der Waals surface area contributed by atoms with Crippen LogP contribution in [0, 0.1) is 5.92 Å². The van der Waals surface area contributed by atoms with Gasteiger partial charge in [-0.2, -0.15) is 0 Å². The molecule has 3 nitrogen and oxygen atoms in total. The van der Waals surface area contributed by atoms with Crippen molar-refractivity contribution in [3.63, 3.8) is 0 Å². The molecule has 20 heavy (non-hydrogen) atoms. The van der Waals surface area contributed by atoms with Gasteiger partial charge in [0.15, 0.2) is 0 Å². The van der Waals surface area contributed by atoms with Crippen molar-refractivity contribution in [3.8, 4) is 5.75 Å². The van der Waals surface area contributed by atoms with Crippen molar-refractivity contribution in [1.29, 1.82) is 0 Å². The number of benzene rings is 1. The molecule has 1 saturated carbocycles. The Bertz CT molecular complexity index is 458. The lowest BCUT2D eigenvalue weighted by Crippen LogP contribution is -2.33. The van der Waals surface area contributed by atoms with Gasteiger partial charge in [0, 0.05) is 19.1 Å². The first-order valence-corrected chi connectivity index (χ1v) is 7.74. The highest BCUT2D eigenvalue weighted by Gasteiger charge is 2.28. The van der Waals surface area contributed by atoms with Crippen LogP contribution in [0.25, 0.3) is 0 Å². The monoisotopic (exact) mass is 292 g/mol. The van der Waals surface area contributed by atoms with Crippen molar-refractivity contribution >= 4 is 17.2 Å². The van der Waals surface area contributed by atoms with Gasteiger partial charge in [-0.25, -0.2) is 0 Å². The number of ether oxygens (including phenoxy) is 1. The molecule has 0 radical (unpaired) electrons. The molecule has 110 valence electrons. The van der Waals surface area contributed by atoms with E-state index in [4.69, 9.17) is 22.7 Å². The minimum absolute atomic E-state index is 0.391. The van der Waals surface area contributed by atoms with E-state index in [-0.39, 0.29) is 0 Å². The Morgan fingerprint density at radius 3 is 2.70 bits per heavy atom. The Morgan fingerprint density at radius 1 is 1.40 bits per heavy atom. The van der Waals surface area contributed by atoms with Crippen molar-refractivity contribution in [1.82, 2.24) is 4.90 Å². The SMILES string of the molecule is CC(C)CN(CCOc1ccccc1C(N)=S)C1CC1. The molecule has 0 atom stereocenters. The van der Waals surface area contributed by atoms with E-state index >= 15 is 0 Å². The topological polar surface area (TPSA) is 38.5 Å². The van der Waals surface area contributed by atoms with E-state index in [9.17, 15) is 0 Å². The van der Waals surface area contributed by atoms with Crippen LogP contribution in [0.5, 0.6) is 5.75 Å². The molecule has 1 aromatic rings. The average molecular weight is 292 g/mol. The van der Waals surface area contributed by atoms with Crippen molar-refractivity contribution < 1.29 is 4.74 Å². The maximum atomic E-state index is 5.88. The number of rotatable bonds is 8. The predicted molar refractivity (Wildman–Crippen MR) is 87.3 cm³/mol. The van der Waals surface area contributed by atoms with E-state index in [0.717, 1.165) is 30.4 Å². The second-order valence-electron chi connectivity index (χ2n) is 5.83. The molecule has 0 bridgehead atoms. The minimum atomic E-state index is 0.391. The number of hydrogen-bond donors (Lipinski definition) is 1. The zero-order chi connectivity index (χ0) is 14.5. The van der Waals surface area contributed by atoms with Gasteiger partial charge >= 0.3 is 0 Å². The number of nitrogens with zero attached hydrogens (tertiary/aromatic N) is 1. The third kappa shape index (κ3) is 4.46. The average Bonchev–Trinajstić information content (AvgIpc) is 3.21. The molecule has 0 spiro atoms. The number of hydrogen-bond acceptors (Lipinski definition) is 3. The summed E-state index contributed by atoms with van der Waals surface area (Å²) in [5.41, 5.74) is 6.53. The molecule has 0 aliphatic heterocycles. The lowest BCUT2D eigenvalue weighted by molar-refractivity contribution is 0.185. The van der Waals surface area contributed by atoms with Crippen molar-refractivity contribution in [2.24, 2.45) is 11.7 Å². The Hall–Kier alpha value is -1.13. The van der Waals surface area contributed by atoms with Crippen LogP contribution in [-0.4, -0.2) is 35.6 Å². The zero-order valence-electron chi connectivity index (χ0n) is 12.3. The van der Waals surface area contributed by atoms with Gasteiger partial charge in [0.1, 0.15) is 17.3 Å². The molecule has 4 heteroatoms. The molecule has 0 amide bonds. The number of nitrogens with two attached hydrogens (primary N) is 1. The highest BCUT2D eigenvalue weighted by atomic mass is 32.1. The molecule has 0 unspecified atom stereocenters. The second kappa shape index (κ2) is 7.04. The van der Waals surface area contributed by atoms with Crippen LogP contribution in [0.15, 0.2) is 24.3 Å². The van der Waals surface area contributed by atoms with Crippen LogP contribution in [0.4, 0.5) is 0 Å². The molecular weight excluding hydrogens is 268 g/mol. The summed E-state index contributed by atoms with van der Waals surface area (Å²) in [4.78, 5) is 2.93. The lowest BCUT2D eigenvalue weighted by atomic mass is 10.2. The van der Waals surface area contributed by atoms with Gasteiger partial charge in [0.05, 0.1) is 5.56 Å². The first-order chi connectivity index (χ1) is 9.58. The maximum absolute atomic E-state index is 5.88. The Morgan fingerprint density at radius 2 is 2.10 bits per heavy atom. The van der Waals surface area contributed by atoms with E-state index in [2.05, 4.69) is 18.7 Å². The van der Waals surface area contributed by atoms with Gasteiger partial charge in [-0.15, -0.1) is 0 Å². The third-order valence-electron chi connectivity index (χ3n) is 3.45. The van der Waals surface area contributed by atoms with E-state index in [1.807, 2.05) is 24.3 Å². The normalized spacial score (nSPS) is 14.8. The summed E-state index contributed by atoms with van der Waals surface area (Å²) in [5.74, 6) is 1.49. The van der Waals surface area contributed by atoms with Gasteiger partial charge in [-0.1, -0.05) is 38.2 Å². The summed E-state index contributed by atoms with van der Waals surface area (Å²) in [6.45, 7) is 7.32. The Labute approximate surface area is 127 Å². The first kappa shape index (κ1) is 15.3. The standard InChI is InChI=1S/C16H24N2OS/c1-12(2)11-18(13-7-8-13)9-10-19-15-6-4-3-5-14(15)16(17)20/h3-6,12-13H,7-11H2,1-2H3,(H2,17,20). The molecule has 1 aromatic carbocycles.